The van der Waals surface area contributed by atoms with Crippen LogP contribution in [0.3, 0.4) is 0 Å². The maximum Gasteiger partial charge on any atom is 0.338 e. The van der Waals surface area contributed by atoms with Gasteiger partial charge in [0.2, 0.25) is 0 Å². The summed E-state index contributed by atoms with van der Waals surface area (Å²) in [5, 5.41) is 3.35. The zero-order valence-corrected chi connectivity index (χ0v) is 11.4. The summed E-state index contributed by atoms with van der Waals surface area (Å²) in [4.78, 5) is 11.5. The first-order chi connectivity index (χ1) is 9.19. The van der Waals surface area contributed by atoms with Crippen molar-refractivity contribution in [3.8, 4) is 0 Å². The Bertz CT molecular complexity index is 474. The third-order valence-corrected chi connectivity index (χ3v) is 3.52. The second-order valence-electron chi connectivity index (χ2n) is 4.62. The van der Waals surface area contributed by atoms with Crippen LogP contribution in [0.5, 0.6) is 0 Å². The Morgan fingerprint density at radius 3 is 3.00 bits per heavy atom. The molecule has 19 heavy (non-hydrogen) atoms. The average Bonchev–Trinajstić information content (AvgIpc) is 2.79. The molecule has 0 radical (unpaired) electrons. The first kappa shape index (κ1) is 14.0. The van der Waals surface area contributed by atoms with Gasteiger partial charge in [-0.2, -0.15) is 0 Å². The number of carbonyl (C=O) groups excluding carboxylic acids is 1. The highest BCUT2D eigenvalue weighted by molar-refractivity contribution is 5.93. The number of fused-ring (bicyclic) bond motifs is 1. The van der Waals surface area contributed by atoms with E-state index in [0.29, 0.717) is 25.3 Å². The van der Waals surface area contributed by atoms with Crippen LogP contribution in [0.1, 0.15) is 33.1 Å². The van der Waals surface area contributed by atoms with Crippen molar-refractivity contribution in [2.75, 3.05) is 26.8 Å². The molecule has 5 heteroatoms. The van der Waals surface area contributed by atoms with Gasteiger partial charge in [0.1, 0.15) is 6.61 Å². The van der Waals surface area contributed by atoms with Crippen LogP contribution >= 0.6 is 0 Å². The smallest absolute Gasteiger partial charge is 0.338 e. The minimum Gasteiger partial charge on any atom is -0.457 e. The first-order valence-corrected chi connectivity index (χ1v) is 6.41. The molecule has 0 amide bonds. The third-order valence-electron chi connectivity index (χ3n) is 3.52. The normalized spacial score (nSPS) is 15.2. The fourth-order valence-electron chi connectivity index (χ4n) is 2.40. The van der Waals surface area contributed by atoms with E-state index in [0.717, 1.165) is 23.2 Å². The van der Waals surface area contributed by atoms with Crippen LogP contribution in [0, 0.1) is 6.92 Å². The van der Waals surface area contributed by atoms with Crippen molar-refractivity contribution in [3.63, 3.8) is 0 Å². The van der Waals surface area contributed by atoms with E-state index < -0.39 is 0 Å². The summed E-state index contributed by atoms with van der Waals surface area (Å²) < 4.78 is 10.1. The molecular weight excluding hydrogens is 244 g/mol. The number of benzene rings is 1. The predicted octanol–water partition coefficient (Wildman–Crippen LogP) is 0.901. The van der Waals surface area contributed by atoms with Gasteiger partial charge in [-0.25, -0.2) is 4.79 Å². The highest BCUT2D eigenvalue weighted by Gasteiger charge is 2.25. The van der Waals surface area contributed by atoms with E-state index in [1.165, 1.54) is 0 Å². The van der Waals surface area contributed by atoms with Gasteiger partial charge >= 0.3 is 5.97 Å². The van der Waals surface area contributed by atoms with E-state index in [2.05, 4.69) is 5.32 Å². The van der Waals surface area contributed by atoms with E-state index in [9.17, 15) is 4.79 Å². The number of esters is 1. The number of ether oxygens (including phenoxy) is 2. The fraction of sp³-hybridized carbons (Fsp3) is 0.500. The number of hydrogen-bond acceptors (Lipinski definition) is 5. The summed E-state index contributed by atoms with van der Waals surface area (Å²) in [7, 11) is 1.67. The van der Waals surface area contributed by atoms with Crippen LogP contribution in [0.25, 0.3) is 0 Å². The summed E-state index contributed by atoms with van der Waals surface area (Å²) in [6.07, 6.45) is 0. The molecule has 104 valence electrons. The summed E-state index contributed by atoms with van der Waals surface area (Å²) >= 11 is 0. The molecule has 0 aliphatic carbocycles. The molecule has 1 aromatic rings. The van der Waals surface area contributed by atoms with E-state index >= 15 is 0 Å². The lowest BCUT2D eigenvalue weighted by molar-refractivity contribution is 0.0535. The molecule has 1 aliphatic rings. The Kier molecular flexibility index (Phi) is 4.52. The summed E-state index contributed by atoms with van der Waals surface area (Å²) in [5.41, 5.74) is 9.69. The van der Waals surface area contributed by atoms with E-state index in [4.69, 9.17) is 15.2 Å². The van der Waals surface area contributed by atoms with E-state index in [1.54, 1.807) is 7.11 Å². The van der Waals surface area contributed by atoms with Crippen LogP contribution < -0.4 is 11.1 Å². The monoisotopic (exact) mass is 264 g/mol. The van der Waals surface area contributed by atoms with Crippen molar-refractivity contribution < 1.29 is 14.3 Å². The zero-order valence-electron chi connectivity index (χ0n) is 11.4. The molecule has 1 heterocycles. The van der Waals surface area contributed by atoms with Gasteiger partial charge in [-0.15, -0.1) is 0 Å². The van der Waals surface area contributed by atoms with Crippen molar-refractivity contribution in [2.24, 2.45) is 5.73 Å². The minimum absolute atomic E-state index is 0.0659. The van der Waals surface area contributed by atoms with E-state index in [-0.39, 0.29) is 12.0 Å². The molecule has 0 aromatic heterocycles. The summed E-state index contributed by atoms with van der Waals surface area (Å²) in [6, 6.07) is 3.85. The van der Waals surface area contributed by atoms with Crippen molar-refractivity contribution in [1.29, 1.82) is 0 Å². The Balaban J connectivity index is 2.22. The molecular formula is C14H20N2O3. The molecule has 0 saturated carbocycles. The van der Waals surface area contributed by atoms with Gasteiger partial charge < -0.3 is 20.5 Å². The number of nitrogens with two attached hydrogens (primary N) is 1. The quantitative estimate of drug-likeness (QED) is 0.590. The van der Waals surface area contributed by atoms with Gasteiger partial charge in [0.15, 0.2) is 0 Å². The van der Waals surface area contributed by atoms with Gasteiger partial charge in [0.25, 0.3) is 0 Å². The number of carbonyl (C=O) groups is 1. The van der Waals surface area contributed by atoms with Crippen LogP contribution in [-0.4, -0.2) is 32.8 Å². The molecule has 2 rings (SSSR count). The van der Waals surface area contributed by atoms with Gasteiger partial charge in [-0.3, -0.25) is 0 Å². The van der Waals surface area contributed by atoms with Crippen molar-refractivity contribution >= 4 is 5.97 Å². The molecule has 5 nitrogen and oxygen atoms in total. The second kappa shape index (κ2) is 6.14. The predicted molar refractivity (Wildman–Crippen MR) is 72.0 cm³/mol. The highest BCUT2D eigenvalue weighted by atomic mass is 16.5. The molecule has 0 bridgehead atoms. The molecule has 0 fully saturated rings. The molecule has 3 N–H and O–H groups in total. The van der Waals surface area contributed by atoms with Gasteiger partial charge in [0, 0.05) is 31.8 Å². The Morgan fingerprint density at radius 2 is 2.32 bits per heavy atom. The first-order valence-electron chi connectivity index (χ1n) is 6.41. The van der Waals surface area contributed by atoms with Crippen LogP contribution in [0.15, 0.2) is 12.1 Å². The highest BCUT2D eigenvalue weighted by Crippen LogP contribution is 2.28. The lowest BCUT2D eigenvalue weighted by Gasteiger charge is -2.20. The Morgan fingerprint density at radius 1 is 1.53 bits per heavy atom. The van der Waals surface area contributed by atoms with E-state index in [1.807, 2.05) is 19.1 Å². The van der Waals surface area contributed by atoms with Gasteiger partial charge in [0.05, 0.1) is 12.2 Å². The number of rotatable bonds is 6. The Hall–Kier alpha value is -1.43. The third kappa shape index (κ3) is 2.78. The fourth-order valence-corrected chi connectivity index (χ4v) is 2.40. The molecule has 1 atom stereocenters. The average molecular weight is 264 g/mol. The SMILES string of the molecule is COCCN[C@@H](CN)c1ccc2c(c1C)COC2=O. The maximum atomic E-state index is 11.5. The van der Waals surface area contributed by atoms with Crippen molar-refractivity contribution in [2.45, 2.75) is 19.6 Å². The molecule has 0 spiro atoms. The molecule has 1 aromatic carbocycles. The summed E-state index contributed by atoms with van der Waals surface area (Å²) in [6.45, 7) is 4.25. The number of cyclic esters (lactones) is 1. The van der Waals surface area contributed by atoms with Gasteiger partial charge in [-0.05, 0) is 24.1 Å². The van der Waals surface area contributed by atoms with Gasteiger partial charge in [-0.1, -0.05) is 6.07 Å². The standard InChI is InChI=1S/C14H20N2O3/c1-9-10(13(7-15)16-5-6-18-2)3-4-11-12(9)8-19-14(11)17/h3-4,13,16H,5-8,15H2,1-2H3/t13-/m0/s1. The number of nitrogens with one attached hydrogen (secondary N) is 1. The topological polar surface area (TPSA) is 73.6 Å². The number of hydrogen-bond donors (Lipinski definition) is 2. The Labute approximate surface area is 113 Å². The number of methoxy groups -OCH3 is 1. The minimum atomic E-state index is -0.235. The summed E-state index contributed by atoms with van der Waals surface area (Å²) in [5.74, 6) is -0.235. The lowest BCUT2D eigenvalue weighted by Crippen LogP contribution is -2.31. The largest absolute Gasteiger partial charge is 0.457 e. The van der Waals surface area contributed by atoms with Crippen molar-refractivity contribution in [1.82, 2.24) is 5.32 Å². The van der Waals surface area contributed by atoms with Crippen LogP contribution in [0.4, 0.5) is 0 Å². The molecule has 0 saturated heterocycles. The second-order valence-corrected chi connectivity index (χ2v) is 4.62. The van der Waals surface area contributed by atoms with Crippen molar-refractivity contribution in [3.05, 3.63) is 34.4 Å². The molecule has 1 aliphatic heterocycles. The molecule has 0 unspecified atom stereocenters. The maximum absolute atomic E-state index is 11.5. The van der Waals surface area contributed by atoms with Crippen LogP contribution in [-0.2, 0) is 16.1 Å². The zero-order chi connectivity index (χ0) is 13.8. The van der Waals surface area contributed by atoms with Crippen LogP contribution in [0.2, 0.25) is 0 Å². The lowest BCUT2D eigenvalue weighted by atomic mass is 9.94.